The van der Waals surface area contributed by atoms with E-state index in [-0.39, 0.29) is 11.5 Å². The predicted octanol–water partition coefficient (Wildman–Crippen LogP) is 1.08. The molecule has 110 valence electrons. The summed E-state index contributed by atoms with van der Waals surface area (Å²) in [6.45, 7) is 8.29. The molecule has 0 bridgehead atoms. The Morgan fingerprint density at radius 2 is 2.05 bits per heavy atom. The van der Waals surface area contributed by atoms with Crippen molar-refractivity contribution < 1.29 is 4.79 Å². The molecule has 1 aliphatic rings. The van der Waals surface area contributed by atoms with E-state index in [0.29, 0.717) is 12.1 Å². The fraction of sp³-hybridized carbons (Fsp3) is 0.600. The first-order valence-electron chi connectivity index (χ1n) is 7.24. The third-order valence-electron chi connectivity index (χ3n) is 3.70. The van der Waals surface area contributed by atoms with Gasteiger partial charge in [0.25, 0.3) is 5.91 Å². The zero-order valence-electron chi connectivity index (χ0n) is 12.2. The van der Waals surface area contributed by atoms with Gasteiger partial charge in [-0.3, -0.25) is 9.59 Å². The summed E-state index contributed by atoms with van der Waals surface area (Å²) in [4.78, 5) is 27.7. The highest BCUT2D eigenvalue weighted by atomic mass is 16.1. The molecule has 2 heterocycles. The van der Waals surface area contributed by atoms with Crippen LogP contribution in [0.15, 0.2) is 23.1 Å². The molecule has 2 unspecified atom stereocenters. The molecule has 1 fully saturated rings. The second-order valence-corrected chi connectivity index (χ2v) is 5.90. The third kappa shape index (κ3) is 4.20. The minimum absolute atomic E-state index is 0.139. The van der Waals surface area contributed by atoms with Crippen LogP contribution in [0.5, 0.6) is 0 Å². The molecule has 1 aromatic heterocycles. The summed E-state index contributed by atoms with van der Waals surface area (Å²) < 4.78 is 0. The van der Waals surface area contributed by atoms with Gasteiger partial charge in [-0.25, -0.2) is 0 Å². The van der Waals surface area contributed by atoms with Crippen molar-refractivity contribution in [2.75, 3.05) is 26.2 Å². The van der Waals surface area contributed by atoms with Crippen molar-refractivity contribution in [2.45, 2.75) is 20.3 Å². The molecule has 1 aromatic rings. The van der Waals surface area contributed by atoms with Gasteiger partial charge in [-0.15, -0.1) is 0 Å². The number of carbonyl (C=O) groups is 1. The van der Waals surface area contributed by atoms with E-state index in [0.717, 1.165) is 31.5 Å². The molecule has 0 aliphatic carbocycles. The molecular weight excluding hydrogens is 254 g/mol. The van der Waals surface area contributed by atoms with E-state index in [1.165, 1.54) is 18.7 Å². The summed E-state index contributed by atoms with van der Waals surface area (Å²) >= 11 is 0. The molecule has 5 heteroatoms. The number of aromatic nitrogens is 1. The molecule has 5 nitrogen and oxygen atoms in total. The van der Waals surface area contributed by atoms with Crippen LogP contribution in [0, 0.1) is 11.8 Å². The van der Waals surface area contributed by atoms with Gasteiger partial charge in [0, 0.05) is 38.4 Å². The Kier molecular flexibility index (Phi) is 4.95. The molecular formula is C15H23N3O2. The van der Waals surface area contributed by atoms with Gasteiger partial charge >= 0.3 is 0 Å². The average molecular weight is 277 g/mol. The van der Waals surface area contributed by atoms with Gasteiger partial charge in [0.2, 0.25) is 5.56 Å². The molecule has 1 aliphatic heterocycles. The van der Waals surface area contributed by atoms with Gasteiger partial charge in [0.1, 0.15) is 0 Å². The van der Waals surface area contributed by atoms with Gasteiger partial charge in [0.05, 0.1) is 5.56 Å². The van der Waals surface area contributed by atoms with Crippen molar-refractivity contribution in [1.29, 1.82) is 0 Å². The second-order valence-electron chi connectivity index (χ2n) is 5.90. The lowest BCUT2D eigenvalue weighted by molar-refractivity contribution is 0.0936. The highest BCUT2D eigenvalue weighted by Crippen LogP contribution is 2.20. The van der Waals surface area contributed by atoms with Gasteiger partial charge in [-0.05, 0) is 24.3 Å². The number of hydrogen-bond donors (Lipinski definition) is 2. The van der Waals surface area contributed by atoms with E-state index in [1.54, 1.807) is 6.07 Å². The number of pyridine rings is 1. The Bertz CT molecular complexity index is 482. The number of carbonyl (C=O) groups excluding carboxylic acids is 1. The standard InChI is InChI=1S/C15H23N3O2/c1-11-7-12(2)10-18(9-11)6-5-16-15(20)13-3-4-14(19)17-8-13/h3-4,8,11-12H,5-7,9-10H2,1-2H3,(H,16,20)(H,17,19). The number of amides is 1. The van der Waals surface area contributed by atoms with Gasteiger partial charge in [-0.1, -0.05) is 13.8 Å². The Balaban J connectivity index is 1.76. The minimum Gasteiger partial charge on any atom is -0.351 e. The van der Waals surface area contributed by atoms with Crippen LogP contribution in [0.2, 0.25) is 0 Å². The maximum absolute atomic E-state index is 11.9. The number of likely N-dealkylation sites (tertiary alicyclic amines) is 1. The van der Waals surface area contributed by atoms with E-state index in [2.05, 4.69) is 29.0 Å². The highest BCUT2D eigenvalue weighted by molar-refractivity contribution is 5.93. The normalized spacial score (nSPS) is 23.5. The van der Waals surface area contributed by atoms with E-state index >= 15 is 0 Å². The van der Waals surface area contributed by atoms with Crippen LogP contribution in [0.3, 0.4) is 0 Å². The highest BCUT2D eigenvalue weighted by Gasteiger charge is 2.21. The Morgan fingerprint density at radius 3 is 2.65 bits per heavy atom. The fourth-order valence-corrected chi connectivity index (χ4v) is 2.96. The molecule has 2 N–H and O–H groups in total. The molecule has 1 amide bonds. The molecule has 20 heavy (non-hydrogen) atoms. The van der Waals surface area contributed by atoms with E-state index in [1.807, 2.05) is 0 Å². The topological polar surface area (TPSA) is 65.2 Å². The average Bonchev–Trinajstić information content (AvgIpc) is 2.38. The molecule has 0 radical (unpaired) electrons. The summed E-state index contributed by atoms with van der Waals surface area (Å²) in [6, 6.07) is 2.90. The lowest BCUT2D eigenvalue weighted by Gasteiger charge is -2.34. The molecule has 2 atom stereocenters. The van der Waals surface area contributed by atoms with Crippen molar-refractivity contribution in [2.24, 2.45) is 11.8 Å². The van der Waals surface area contributed by atoms with E-state index < -0.39 is 0 Å². The van der Waals surface area contributed by atoms with Crippen molar-refractivity contribution in [3.8, 4) is 0 Å². The minimum atomic E-state index is -0.196. The van der Waals surface area contributed by atoms with Gasteiger partial charge in [-0.2, -0.15) is 0 Å². The molecule has 1 saturated heterocycles. The molecule has 0 spiro atoms. The Labute approximate surface area is 119 Å². The van der Waals surface area contributed by atoms with E-state index in [9.17, 15) is 9.59 Å². The number of rotatable bonds is 4. The van der Waals surface area contributed by atoms with Crippen molar-refractivity contribution >= 4 is 5.91 Å². The van der Waals surface area contributed by atoms with Crippen LogP contribution in [-0.4, -0.2) is 42.0 Å². The first kappa shape index (κ1) is 14.8. The van der Waals surface area contributed by atoms with Crippen LogP contribution in [0.25, 0.3) is 0 Å². The van der Waals surface area contributed by atoms with Crippen LogP contribution in [-0.2, 0) is 0 Å². The maximum atomic E-state index is 11.9. The van der Waals surface area contributed by atoms with Crippen molar-refractivity contribution in [3.05, 3.63) is 34.2 Å². The zero-order chi connectivity index (χ0) is 14.5. The summed E-state index contributed by atoms with van der Waals surface area (Å²) in [6.07, 6.45) is 2.74. The first-order chi connectivity index (χ1) is 9.54. The summed E-state index contributed by atoms with van der Waals surface area (Å²) in [7, 11) is 0. The number of aromatic amines is 1. The van der Waals surface area contributed by atoms with Crippen molar-refractivity contribution in [1.82, 2.24) is 15.2 Å². The first-order valence-corrected chi connectivity index (χ1v) is 7.24. The van der Waals surface area contributed by atoms with Crippen molar-refractivity contribution in [3.63, 3.8) is 0 Å². The van der Waals surface area contributed by atoms with Crippen LogP contribution in [0.4, 0.5) is 0 Å². The van der Waals surface area contributed by atoms with E-state index in [4.69, 9.17) is 0 Å². The fourth-order valence-electron chi connectivity index (χ4n) is 2.96. The Hall–Kier alpha value is -1.62. The molecule has 2 rings (SSSR count). The summed E-state index contributed by atoms with van der Waals surface area (Å²) in [5.74, 6) is 1.32. The molecule has 0 aromatic carbocycles. The van der Waals surface area contributed by atoms with Gasteiger partial charge in [0.15, 0.2) is 0 Å². The third-order valence-corrected chi connectivity index (χ3v) is 3.70. The zero-order valence-corrected chi connectivity index (χ0v) is 12.2. The number of H-pyrrole nitrogens is 1. The quantitative estimate of drug-likeness (QED) is 0.865. The van der Waals surface area contributed by atoms with Gasteiger partial charge < -0.3 is 15.2 Å². The van der Waals surface area contributed by atoms with Crippen LogP contribution >= 0.6 is 0 Å². The predicted molar refractivity (Wildman–Crippen MR) is 78.8 cm³/mol. The second kappa shape index (κ2) is 6.70. The smallest absolute Gasteiger partial charge is 0.252 e. The number of nitrogens with one attached hydrogen (secondary N) is 2. The summed E-state index contributed by atoms with van der Waals surface area (Å²) in [5, 5.41) is 2.89. The van der Waals surface area contributed by atoms with Crippen LogP contribution < -0.4 is 10.9 Å². The lowest BCUT2D eigenvalue weighted by atomic mass is 9.92. The largest absolute Gasteiger partial charge is 0.351 e. The maximum Gasteiger partial charge on any atom is 0.252 e. The number of hydrogen-bond acceptors (Lipinski definition) is 3. The number of piperidine rings is 1. The summed E-state index contributed by atoms with van der Waals surface area (Å²) in [5.41, 5.74) is 0.294. The monoisotopic (exact) mass is 277 g/mol. The number of nitrogens with zero attached hydrogens (tertiary/aromatic N) is 1. The molecule has 0 saturated carbocycles. The SMILES string of the molecule is CC1CC(C)CN(CCNC(=O)c2ccc(=O)[nH]c2)C1. The lowest BCUT2D eigenvalue weighted by Crippen LogP contribution is -2.42. The van der Waals surface area contributed by atoms with Crippen LogP contribution in [0.1, 0.15) is 30.6 Å². The Morgan fingerprint density at radius 1 is 1.35 bits per heavy atom.